The summed E-state index contributed by atoms with van der Waals surface area (Å²) in [5.74, 6) is 0. The maximum atomic E-state index is 2.28. The number of aryl methyl sites for hydroxylation is 4. The molecule has 6 aromatic rings. The molecule has 0 amide bonds. The fraction of sp³-hybridized carbons (Fsp3) is 0.167. The molecule has 0 aliphatic rings. The molecule has 0 saturated carbocycles. The molecule has 0 fully saturated rings. The first kappa shape index (κ1) is 32.8. The Kier molecular flexibility index (Phi) is 12.4. The number of hydrogen-bond acceptors (Lipinski definition) is 0. The Morgan fingerprint density at radius 3 is 1.21 bits per heavy atom. The maximum Gasteiger partial charge on any atom is 4.00 e. The Bertz CT molecular complexity index is 1480. The molecule has 0 heterocycles. The summed E-state index contributed by atoms with van der Waals surface area (Å²) in [4.78, 5) is 0. The monoisotopic (exact) mass is 626 g/mol. The Morgan fingerprint density at radius 1 is 0.513 bits per heavy atom. The van der Waals surface area contributed by atoms with Gasteiger partial charge in [-0.2, -0.15) is 12.1 Å². The Morgan fingerprint density at radius 2 is 0.872 bits per heavy atom. The average Bonchev–Trinajstić information content (AvgIpc) is 3.49. The van der Waals surface area contributed by atoms with Gasteiger partial charge in [-0.15, -0.1) is 69.1 Å². The van der Waals surface area contributed by atoms with E-state index in [1.165, 1.54) is 66.1 Å². The van der Waals surface area contributed by atoms with Crippen molar-refractivity contribution in [1.29, 1.82) is 0 Å². The van der Waals surface area contributed by atoms with E-state index in [2.05, 4.69) is 137 Å². The van der Waals surface area contributed by atoms with Crippen LogP contribution in [-0.4, -0.2) is 0 Å². The predicted octanol–water partition coefficient (Wildman–Crippen LogP) is 4.20. The van der Waals surface area contributed by atoms with Gasteiger partial charge in [-0.3, -0.25) is 0 Å². The van der Waals surface area contributed by atoms with Crippen LogP contribution in [0.3, 0.4) is 0 Å². The van der Waals surface area contributed by atoms with E-state index in [9.17, 15) is 0 Å². The van der Waals surface area contributed by atoms with Gasteiger partial charge in [-0.05, 0) is 35.1 Å². The second-order valence-electron chi connectivity index (χ2n) is 9.78. The van der Waals surface area contributed by atoms with Crippen LogP contribution in [0.4, 0.5) is 0 Å². The molecule has 0 aromatic heterocycles. The minimum absolute atomic E-state index is 0. The van der Waals surface area contributed by atoms with Gasteiger partial charge in [0.05, 0.1) is 0 Å². The van der Waals surface area contributed by atoms with Gasteiger partial charge >= 0.3 is 26.2 Å². The summed E-state index contributed by atoms with van der Waals surface area (Å²) in [7, 11) is 0. The Labute approximate surface area is 265 Å². The number of fused-ring (bicyclic) bond motifs is 2. The molecule has 0 bridgehead atoms. The van der Waals surface area contributed by atoms with E-state index in [1.807, 2.05) is 0 Å². The second-order valence-corrected chi connectivity index (χ2v) is 9.78. The third-order valence-electron chi connectivity index (χ3n) is 7.14. The van der Waals surface area contributed by atoms with Crippen LogP contribution < -0.4 is 24.8 Å². The molecule has 6 aromatic carbocycles. The molecule has 196 valence electrons. The zero-order valence-electron chi connectivity index (χ0n) is 23.1. The van der Waals surface area contributed by atoms with E-state index in [0.717, 1.165) is 12.8 Å². The summed E-state index contributed by atoms with van der Waals surface area (Å²) in [6.45, 7) is 8.69. The van der Waals surface area contributed by atoms with Crippen molar-refractivity contribution >= 4 is 21.5 Å². The van der Waals surface area contributed by atoms with Gasteiger partial charge in [0.25, 0.3) is 0 Å². The van der Waals surface area contributed by atoms with Gasteiger partial charge in [-0.1, -0.05) is 99.5 Å². The molecule has 0 aliphatic heterocycles. The first-order valence-corrected chi connectivity index (χ1v) is 13.1. The predicted molar refractivity (Wildman–Crippen MR) is 158 cm³/mol. The van der Waals surface area contributed by atoms with Gasteiger partial charge in [0.15, 0.2) is 0 Å². The van der Waals surface area contributed by atoms with Crippen molar-refractivity contribution in [2.24, 2.45) is 0 Å². The molecular formula is C36H34Cl2Zr. The standard InChI is InChI=1S/2C18H17.2ClH.Zr/c2*1-3-14-7-9-15(10-8-14)17-6-4-5-16-11-13(2)12-18(16)17;;;/h2*4-12H,3H2,1-2H3;2*1H;/q2*-1;;;+4/p-2. The largest absolute Gasteiger partial charge is 4.00 e. The Balaban J connectivity index is 0.000000254. The van der Waals surface area contributed by atoms with E-state index in [-0.39, 0.29) is 51.0 Å². The van der Waals surface area contributed by atoms with Gasteiger partial charge in [0.2, 0.25) is 0 Å². The van der Waals surface area contributed by atoms with Crippen LogP contribution in [0.5, 0.6) is 0 Å². The zero-order valence-corrected chi connectivity index (χ0v) is 27.0. The Hall–Kier alpha value is -2.44. The van der Waals surface area contributed by atoms with Crippen LogP contribution in [0.15, 0.2) is 109 Å². The first-order chi connectivity index (χ1) is 17.6. The minimum atomic E-state index is 0. The average molecular weight is 629 g/mol. The minimum Gasteiger partial charge on any atom is -1.00 e. The van der Waals surface area contributed by atoms with Crippen molar-refractivity contribution in [3.05, 3.63) is 131 Å². The molecule has 6 rings (SSSR count). The number of rotatable bonds is 4. The molecule has 0 aliphatic carbocycles. The summed E-state index contributed by atoms with van der Waals surface area (Å²) in [6.07, 6.45) is 2.19. The third kappa shape index (κ3) is 7.40. The second kappa shape index (κ2) is 14.8. The fourth-order valence-electron chi connectivity index (χ4n) is 5.11. The quantitative estimate of drug-likeness (QED) is 0.257. The molecule has 0 radical (unpaired) electrons. The molecule has 0 spiro atoms. The first-order valence-electron chi connectivity index (χ1n) is 13.1. The molecule has 0 unspecified atom stereocenters. The van der Waals surface area contributed by atoms with Gasteiger partial charge in [-0.25, -0.2) is 0 Å². The van der Waals surface area contributed by atoms with Crippen molar-refractivity contribution in [3.63, 3.8) is 0 Å². The molecule has 0 nitrogen and oxygen atoms in total. The van der Waals surface area contributed by atoms with Gasteiger partial charge in [0, 0.05) is 0 Å². The van der Waals surface area contributed by atoms with E-state index in [0.29, 0.717) is 0 Å². The normalized spacial score (nSPS) is 10.2. The van der Waals surface area contributed by atoms with Crippen LogP contribution in [0.1, 0.15) is 36.1 Å². The van der Waals surface area contributed by atoms with E-state index in [1.54, 1.807) is 0 Å². The molecule has 0 N–H and O–H groups in total. The maximum absolute atomic E-state index is 2.28. The number of hydrogen-bond donors (Lipinski definition) is 0. The van der Waals surface area contributed by atoms with Crippen molar-refractivity contribution in [2.45, 2.75) is 40.5 Å². The molecule has 0 saturated heterocycles. The van der Waals surface area contributed by atoms with Gasteiger partial charge in [0.1, 0.15) is 0 Å². The van der Waals surface area contributed by atoms with Crippen LogP contribution in [0.25, 0.3) is 43.8 Å². The van der Waals surface area contributed by atoms with Gasteiger partial charge < -0.3 is 24.8 Å². The summed E-state index contributed by atoms with van der Waals surface area (Å²) in [6, 6.07) is 40.0. The van der Waals surface area contributed by atoms with Crippen molar-refractivity contribution in [2.75, 3.05) is 0 Å². The van der Waals surface area contributed by atoms with E-state index in [4.69, 9.17) is 0 Å². The van der Waals surface area contributed by atoms with E-state index < -0.39 is 0 Å². The van der Waals surface area contributed by atoms with Crippen molar-refractivity contribution < 1.29 is 51.0 Å². The third-order valence-corrected chi connectivity index (χ3v) is 7.14. The summed E-state index contributed by atoms with van der Waals surface area (Å²) in [5, 5.41) is 5.40. The smallest absolute Gasteiger partial charge is 1.00 e. The molecular weight excluding hydrogens is 595 g/mol. The SMILES string of the molecule is CCc1ccc(-c2cccc3[cH-]c(C)cc23)cc1.CCc1ccc(-c2cccc3[cH-]c(C)cc23)cc1.[Cl-].[Cl-].[Zr+4]. The van der Waals surface area contributed by atoms with Crippen molar-refractivity contribution in [1.82, 2.24) is 0 Å². The number of halogens is 2. The van der Waals surface area contributed by atoms with Crippen LogP contribution in [0, 0.1) is 13.8 Å². The molecule has 3 heteroatoms. The van der Waals surface area contributed by atoms with Crippen LogP contribution in [0.2, 0.25) is 0 Å². The number of benzene rings is 4. The van der Waals surface area contributed by atoms with E-state index >= 15 is 0 Å². The zero-order chi connectivity index (χ0) is 25.1. The van der Waals surface area contributed by atoms with Crippen molar-refractivity contribution in [3.8, 4) is 22.3 Å². The summed E-state index contributed by atoms with van der Waals surface area (Å²) >= 11 is 0. The van der Waals surface area contributed by atoms with Crippen LogP contribution >= 0.6 is 0 Å². The summed E-state index contributed by atoms with van der Waals surface area (Å²) < 4.78 is 0. The molecule has 39 heavy (non-hydrogen) atoms. The fourth-order valence-corrected chi connectivity index (χ4v) is 5.11. The van der Waals surface area contributed by atoms with Crippen LogP contribution in [-0.2, 0) is 39.0 Å². The molecule has 0 atom stereocenters. The summed E-state index contributed by atoms with van der Waals surface area (Å²) in [5.41, 5.74) is 10.7. The topological polar surface area (TPSA) is 0 Å².